The Morgan fingerprint density at radius 1 is 1.31 bits per heavy atom. The zero-order valence-corrected chi connectivity index (χ0v) is 16.4. The lowest BCUT2D eigenvalue weighted by molar-refractivity contribution is 0.0519. The third-order valence-corrected chi connectivity index (χ3v) is 4.30. The molecule has 3 aromatic rings. The molecule has 1 aromatic carbocycles. The summed E-state index contributed by atoms with van der Waals surface area (Å²) < 4.78 is 21.7. The van der Waals surface area contributed by atoms with Gasteiger partial charge in [0.15, 0.2) is 11.3 Å². The molecule has 0 radical (unpaired) electrons. The van der Waals surface area contributed by atoms with Crippen molar-refractivity contribution in [3.8, 4) is 11.3 Å². The minimum atomic E-state index is -0.474. The van der Waals surface area contributed by atoms with Crippen LogP contribution in [0.15, 0.2) is 34.8 Å². The number of fused-ring (bicyclic) bond motifs is 1. The monoisotopic (exact) mass is 419 g/mol. The van der Waals surface area contributed by atoms with Gasteiger partial charge in [-0.25, -0.2) is 18.7 Å². The number of hydrogen-bond donors (Lipinski definition) is 0. The smallest absolute Gasteiger partial charge is 0.357 e. The van der Waals surface area contributed by atoms with Gasteiger partial charge in [-0.2, -0.15) is 5.10 Å². The van der Waals surface area contributed by atoms with Crippen LogP contribution in [0.2, 0.25) is 0 Å². The number of benzene rings is 1. The Morgan fingerprint density at radius 2 is 2.08 bits per heavy atom. The van der Waals surface area contributed by atoms with E-state index in [1.165, 1.54) is 6.07 Å². The number of halogens is 2. The number of carbonyl (C=O) groups is 1. The van der Waals surface area contributed by atoms with E-state index in [4.69, 9.17) is 4.74 Å². The highest BCUT2D eigenvalue weighted by molar-refractivity contribution is 9.10. The predicted octanol–water partition coefficient (Wildman–Crippen LogP) is 4.67. The van der Waals surface area contributed by atoms with Gasteiger partial charge in [0.2, 0.25) is 0 Å². The normalized spacial score (nSPS) is 11.3. The van der Waals surface area contributed by atoms with Gasteiger partial charge in [0.05, 0.1) is 12.3 Å². The van der Waals surface area contributed by atoms with Gasteiger partial charge in [-0.05, 0) is 43.5 Å². The predicted molar refractivity (Wildman–Crippen MR) is 101 cm³/mol. The number of hydrogen-bond acceptors (Lipinski definition) is 4. The summed E-state index contributed by atoms with van der Waals surface area (Å²) in [6, 6.07) is 8.19. The van der Waals surface area contributed by atoms with Gasteiger partial charge in [0, 0.05) is 21.8 Å². The van der Waals surface area contributed by atoms with E-state index in [2.05, 4.69) is 39.9 Å². The number of nitrogens with zero attached hydrogens (tertiary/aromatic N) is 3. The molecule has 7 heteroatoms. The van der Waals surface area contributed by atoms with Crippen molar-refractivity contribution in [2.24, 2.45) is 5.92 Å². The second kappa shape index (κ2) is 7.53. The first-order chi connectivity index (χ1) is 12.4. The molecule has 0 spiro atoms. The largest absolute Gasteiger partial charge is 0.461 e. The van der Waals surface area contributed by atoms with Crippen molar-refractivity contribution in [2.45, 2.75) is 27.2 Å². The average molecular weight is 420 g/mol. The summed E-state index contributed by atoms with van der Waals surface area (Å²) in [4.78, 5) is 16.5. The van der Waals surface area contributed by atoms with Crippen LogP contribution in [0.4, 0.5) is 4.39 Å². The van der Waals surface area contributed by atoms with Crippen LogP contribution in [0, 0.1) is 11.7 Å². The highest BCUT2D eigenvalue weighted by atomic mass is 79.9. The lowest BCUT2D eigenvalue weighted by atomic mass is 10.1. The Kier molecular flexibility index (Phi) is 5.36. The van der Waals surface area contributed by atoms with Crippen molar-refractivity contribution < 1.29 is 13.9 Å². The van der Waals surface area contributed by atoms with Gasteiger partial charge in [0.1, 0.15) is 5.82 Å². The summed E-state index contributed by atoms with van der Waals surface area (Å²) in [5.41, 5.74) is 2.40. The van der Waals surface area contributed by atoms with Crippen molar-refractivity contribution in [1.82, 2.24) is 14.6 Å². The van der Waals surface area contributed by atoms with E-state index in [1.54, 1.807) is 35.7 Å². The van der Waals surface area contributed by atoms with Gasteiger partial charge in [-0.15, -0.1) is 0 Å². The molecule has 0 unspecified atom stereocenters. The molecule has 5 nitrogen and oxygen atoms in total. The highest BCUT2D eigenvalue weighted by Gasteiger charge is 2.17. The first-order valence-corrected chi connectivity index (χ1v) is 9.20. The first kappa shape index (κ1) is 18.5. The summed E-state index contributed by atoms with van der Waals surface area (Å²) in [6.07, 6.45) is 0.704. The Bertz CT molecular complexity index is 969. The number of aromatic nitrogens is 3. The Labute approximate surface area is 159 Å². The van der Waals surface area contributed by atoms with Gasteiger partial charge in [0.25, 0.3) is 0 Å². The van der Waals surface area contributed by atoms with E-state index in [0.29, 0.717) is 33.7 Å². The molecule has 2 heterocycles. The fourth-order valence-corrected chi connectivity index (χ4v) is 3.07. The molecule has 0 aliphatic carbocycles. The molecule has 2 aromatic heterocycles. The molecule has 3 rings (SSSR count). The minimum absolute atomic E-state index is 0.234. The Balaban J connectivity index is 2.15. The van der Waals surface area contributed by atoms with E-state index in [-0.39, 0.29) is 18.1 Å². The summed E-state index contributed by atoms with van der Waals surface area (Å²) in [7, 11) is 0. The maximum absolute atomic E-state index is 14.3. The maximum atomic E-state index is 14.3. The zero-order chi connectivity index (χ0) is 18.8. The minimum Gasteiger partial charge on any atom is -0.461 e. The Morgan fingerprint density at radius 3 is 2.73 bits per heavy atom. The fourth-order valence-electron chi connectivity index (χ4n) is 2.74. The van der Waals surface area contributed by atoms with Crippen LogP contribution in [0.3, 0.4) is 0 Å². The first-order valence-electron chi connectivity index (χ1n) is 8.41. The van der Waals surface area contributed by atoms with Gasteiger partial charge in [-0.3, -0.25) is 0 Å². The average Bonchev–Trinajstić information content (AvgIpc) is 2.98. The van der Waals surface area contributed by atoms with E-state index >= 15 is 0 Å². The molecule has 0 atom stereocenters. The Hall–Kier alpha value is -2.28. The lowest BCUT2D eigenvalue weighted by Gasteiger charge is -2.09. The third-order valence-electron chi connectivity index (χ3n) is 3.81. The standard InChI is InChI=1S/C19H19BrFN3O2/c1-4-26-19(25)17-9-13(7-11(2)3)24-18(22-17)10-16(23-24)14-6-5-12(20)8-15(14)21/h5-6,8-11H,4,7H2,1-3H3. The van der Waals surface area contributed by atoms with Crippen molar-refractivity contribution in [3.63, 3.8) is 0 Å². The topological polar surface area (TPSA) is 56.5 Å². The number of ether oxygens (including phenoxy) is 1. The van der Waals surface area contributed by atoms with Gasteiger partial charge >= 0.3 is 5.97 Å². The van der Waals surface area contributed by atoms with Crippen LogP contribution >= 0.6 is 15.9 Å². The molecule has 0 N–H and O–H groups in total. The van der Waals surface area contributed by atoms with Crippen molar-refractivity contribution in [1.29, 1.82) is 0 Å². The van der Waals surface area contributed by atoms with Crippen LogP contribution in [0.1, 0.15) is 37.0 Å². The van der Waals surface area contributed by atoms with E-state index in [9.17, 15) is 9.18 Å². The summed E-state index contributed by atoms with van der Waals surface area (Å²) >= 11 is 3.25. The van der Waals surface area contributed by atoms with Crippen LogP contribution in [0.5, 0.6) is 0 Å². The summed E-state index contributed by atoms with van der Waals surface area (Å²) in [5, 5.41) is 4.52. The van der Waals surface area contributed by atoms with Crippen molar-refractivity contribution in [3.05, 3.63) is 52.0 Å². The van der Waals surface area contributed by atoms with Crippen LogP contribution in [-0.2, 0) is 11.2 Å². The second-order valence-corrected chi connectivity index (χ2v) is 7.29. The lowest BCUT2D eigenvalue weighted by Crippen LogP contribution is -2.12. The van der Waals surface area contributed by atoms with Gasteiger partial charge < -0.3 is 4.74 Å². The van der Waals surface area contributed by atoms with Gasteiger partial charge in [-0.1, -0.05) is 29.8 Å². The third kappa shape index (κ3) is 3.77. The van der Waals surface area contributed by atoms with Crippen LogP contribution in [0.25, 0.3) is 16.9 Å². The molecular formula is C19H19BrFN3O2. The molecule has 0 aliphatic rings. The van der Waals surface area contributed by atoms with E-state index < -0.39 is 5.97 Å². The molecule has 136 valence electrons. The molecule has 0 aliphatic heterocycles. The second-order valence-electron chi connectivity index (χ2n) is 6.37. The van der Waals surface area contributed by atoms with Crippen LogP contribution < -0.4 is 0 Å². The van der Waals surface area contributed by atoms with E-state index in [1.807, 2.05) is 0 Å². The maximum Gasteiger partial charge on any atom is 0.357 e. The molecule has 0 bridgehead atoms. The molecule has 0 saturated carbocycles. The number of carbonyl (C=O) groups excluding carboxylic acids is 1. The summed E-state index contributed by atoms with van der Waals surface area (Å²) in [5.74, 6) is -0.496. The molecular weight excluding hydrogens is 401 g/mol. The molecule has 0 fully saturated rings. The SMILES string of the molecule is CCOC(=O)c1cc(CC(C)C)n2nc(-c3ccc(Br)cc3F)cc2n1. The summed E-state index contributed by atoms with van der Waals surface area (Å²) in [6.45, 7) is 6.18. The molecule has 0 amide bonds. The highest BCUT2D eigenvalue weighted by Crippen LogP contribution is 2.26. The number of esters is 1. The quantitative estimate of drug-likeness (QED) is 0.563. The zero-order valence-electron chi connectivity index (χ0n) is 14.8. The van der Waals surface area contributed by atoms with Crippen molar-refractivity contribution in [2.75, 3.05) is 6.61 Å². The van der Waals surface area contributed by atoms with Crippen LogP contribution in [-0.4, -0.2) is 27.2 Å². The fraction of sp³-hybridized carbons (Fsp3) is 0.316. The van der Waals surface area contributed by atoms with Crippen molar-refractivity contribution >= 4 is 27.5 Å². The molecule has 26 heavy (non-hydrogen) atoms. The number of rotatable bonds is 5. The van der Waals surface area contributed by atoms with E-state index in [0.717, 1.165) is 5.69 Å². The molecule has 0 saturated heterocycles.